The average Bonchev–Trinajstić information content (AvgIpc) is 2.92. The maximum absolute atomic E-state index is 11.4. The SMILES string of the molecule is Cc1cc(COc2ccccc2)c2ccccc2n1.O=C(NO)[C@H](CN=S(=O)=O)N1CCN(C(=O)O)CC1. The standard InChI is InChI=1S/C17H15NO.C8H14N4O6S/c1-13-11-14(12-19-15-7-3-2-4-8-15)16-9-5-6-10-17(16)18-13;13-7(10-16)6(5-9-19(17)18)11-1-3-12(4-2-11)8(14)15/h2-11H,12H2,1H3;6,16H,1-5H2,(H,10,13)(H,14,15)/t;6-/m.0/s1. The van der Waals surface area contributed by atoms with Crippen LogP contribution in [0.1, 0.15) is 11.3 Å². The number of benzene rings is 2. The number of hydrogen-bond donors (Lipinski definition) is 3. The van der Waals surface area contributed by atoms with E-state index in [1.54, 1.807) is 4.90 Å². The van der Waals surface area contributed by atoms with E-state index in [1.165, 1.54) is 15.9 Å². The van der Waals surface area contributed by atoms with Gasteiger partial charge >= 0.3 is 16.6 Å². The van der Waals surface area contributed by atoms with Crippen molar-refractivity contribution in [2.24, 2.45) is 4.36 Å². The Balaban J connectivity index is 0.000000211. The number of nitrogens with one attached hydrogen (secondary N) is 1. The smallest absolute Gasteiger partial charge is 0.407 e. The molecule has 0 aliphatic carbocycles. The minimum atomic E-state index is -2.64. The maximum atomic E-state index is 11.4. The molecule has 0 radical (unpaired) electrons. The number of amides is 2. The Morgan fingerprint density at radius 2 is 1.74 bits per heavy atom. The Morgan fingerprint density at radius 3 is 2.37 bits per heavy atom. The van der Waals surface area contributed by atoms with Crippen molar-refractivity contribution in [1.82, 2.24) is 20.3 Å². The second kappa shape index (κ2) is 14.0. The van der Waals surface area contributed by atoms with Gasteiger partial charge in [-0.1, -0.05) is 36.4 Å². The highest BCUT2D eigenvalue weighted by atomic mass is 32.2. The number of aromatic nitrogens is 1. The fourth-order valence-electron chi connectivity index (χ4n) is 3.99. The third kappa shape index (κ3) is 8.23. The molecule has 12 nitrogen and oxygen atoms in total. The summed E-state index contributed by atoms with van der Waals surface area (Å²) in [6.45, 7) is 3.16. The van der Waals surface area contributed by atoms with Crippen molar-refractivity contribution < 1.29 is 33.1 Å². The van der Waals surface area contributed by atoms with E-state index in [9.17, 15) is 18.0 Å². The lowest BCUT2D eigenvalue weighted by Crippen LogP contribution is -2.56. The molecule has 0 bridgehead atoms. The summed E-state index contributed by atoms with van der Waals surface area (Å²) < 4.78 is 29.8. The first kappa shape index (κ1) is 28.5. The summed E-state index contributed by atoms with van der Waals surface area (Å²) in [5.74, 6) is 0.110. The molecular weight excluding hydrogens is 514 g/mol. The third-order valence-electron chi connectivity index (χ3n) is 5.86. The zero-order chi connectivity index (χ0) is 27.5. The lowest BCUT2D eigenvalue weighted by Gasteiger charge is -2.36. The quantitative estimate of drug-likeness (QED) is 0.300. The van der Waals surface area contributed by atoms with Gasteiger partial charge in [-0.05, 0) is 31.2 Å². The van der Waals surface area contributed by atoms with Gasteiger partial charge in [0, 0.05) is 42.8 Å². The van der Waals surface area contributed by atoms with Crippen LogP contribution in [0.5, 0.6) is 5.75 Å². The van der Waals surface area contributed by atoms with Crippen LogP contribution in [0.25, 0.3) is 10.9 Å². The summed E-state index contributed by atoms with van der Waals surface area (Å²) in [7, 11) is -2.64. The molecule has 38 heavy (non-hydrogen) atoms. The van der Waals surface area contributed by atoms with Gasteiger partial charge in [-0.25, -0.2) is 10.3 Å². The predicted octanol–water partition coefficient (Wildman–Crippen LogP) is 2.34. The Labute approximate surface area is 221 Å². The molecular formula is C25H29N5O7S. The van der Waals surface area contributed by atoms with E-state index in [0.29, 0.717) is 6.61 Å². The van der Waals surface area contributed by atoms with Crippen LogP contribution in [-0.2, 0) is 21.9 Å². The first-order valence-corrected chi connectivity index (χ1v) is 12.8. The maximum Gasteiger partial charge on any atom is 0.407 e. The zero-order valence-electron chi connectivity index (χ0n) is 20.7. The number of carbonyl (C=O) groups is 2. The molecule has 202 valence electrons. The van der Waals surface area contributed by atoms with Gasteiger partial charge < -0.3 is 14.7 Å². The first-order chi connectivity index (χ1) is 18.3. The van der Waals surface area contributed by atoms with Crippen molar-refractivity contribution in [2.75, 3.05) is 32.7 Å². The molecule has 1 atom stereocenters. The van der Waals surface area contributed by atoms with Gasteiger partial charge in [0.25, 0.3) is 5.91 Å². The van der Waals surface area contributed by atoms with E-state index in [1.807, 2.05) is 55.5 Å². The Morgan fingerprint density at radius 1 is 1.08 bits per heavy atom. The average molecular weight is 544 g/mol. The number of aryl methyl sites for hydroxylation is 1. The second-order valence-corrected chi connectivity index (χ2v) is 9.06. The fraction of sp³-hybridized carbons (Fsp3) is 0.320. The number of carbonyl (C=O) groups excluding carboxylic acids is 1. The number of pyridine rings is 1. The van der Waals surface area contributed by atoms with Gasteiger partial charge in [-0.3, -0.25) is 19.9 Å². The highest BCUT2D eigenvalue weighted by Crippen LogP contribution is 2.20. The van der Waals surface area contributed by atoms with Gasteiger partial charge in [0.05, 0.1) is 12.1 Å². The molecule has 2 aromatic carbocycles. The molecule has 13 heteroatoms. The Bertz CT molecular complexity index is 1370. The summed E-state index contributed by atoms with van der Waals surface area (Å²) in [6.07, 6.45) is -1.05. The minimum absolute atomic E-state index is 0.199. The van der Waals surface area contributed by atoms with Crippen LogP contribution in [0.15, 0.2) is 65.0 Å². The van der Waals surface area contributed by atoms with E-state index in [-0.39, 0.29) is 32.7 Å². The van der Waals surface area contributed by atoms with Crippen LogP contribution in [0, 0.1) is 6.92 Å². The molecule has 1 aromatic heterocycles. The van der Waals surface area contributed by atoms with Crippen molar-refractivity contribution >= 4 is 33.4 Å². The fourth-order valence-corrected chi connectivity index (χ4v) is 4.25. The van der Waals surface area contributed by atoms with Crippen molar-refractivity contribution in [3.63, 3.8) is 0 Å². The van der Waals surface area contributed by atoms with E-state index in [4.69, 9.17) is 15.1 Å². The summed E-state index contributed by atoms with van der Waals surface area (Å²) in [4.78, 5) is 29.5. The van der Waals surface area contributed by atoms with Crippen LogP contribution in [0.2, 0.25) is 0 Å². The number of para-hydroxylation sites is 2. The topological polar surface area (TPSA) is 162 Å². The monoisotopic (exact) mass is 543 g/mol. The Kier molecular flexibility index (Phi) is 10.5. The number of ether oxygens (including phenoxy) is 1. The number of fused-ring (bicyclic) bond motifs is 1. The number of rotatable bonds is 7. The second-order valence-electron chi connectivity index (χ2n) is 8.37. The summed E-state index contributed by atoms with van der Waals surface area (Å²) >= 11 is 0. The minimum Gasteiger partial charge on any atom is -0.489 e. The van der Waals surface area contributed by atoms with Crippen molar-refractivity contribution in [1.29, 1.82) is 0 Å². The molecule has 3 aromatic rings. The van der Waals surface area contributed by atoms with Crippen molar-refractivity contribution in [3.8, 4) is 5.75 Å². The van der Waals surface area contributed by atoms with E-state index in [0.717, 1.165) is 22.3 Å². The number of nitrogens with zero attached hydrogens (tertiary/aromatic N) is 4. The lowest BCUT2D eigenvalue weighted by molar-refractivity contribution is -0.135. The number of hydrogen-bond acceptors (Lipinski definition) is 9. The summed E-state index contributed by atoms with van der Waals surface area (Å²) in [6, 6.07) is 19.2. The number of carboxylic acid groups (broad SMARTS) is 1. The molecule has 1 fully saturated rings. The lowest BCUT2D eigenvalue weighted by atomic mass is 10.1. The van der Waals surface area contributed by atoms with Gasteiger partial charge in [-0.15, -0.1) is 0 Å². The van der Waals surface area contributed by atoms with E-state index >= 15 is 0 Å². The number of piperazine rings is 1. The van der Waals surface area contributed by atoms with Gasteiger partial charge in [0.15, 0.2) is 0 Å². The highest BCUT2D eigenvalue weighted by molar-refractivity contribution is 7.61. The van der Waals surface area contributed by atoms with Crippen molar-refractivity contribution in [3.05, 3.63) is 71.9 Å². The number of hydroxylamine groups is 1. The van der Waals surface area contributed by atoms with Gasteiger partial charge in [-0.2, -0.15) is 12.8 Å². The molecule has 0 saturated carbocycles. The van der Waals surface area contributed by atoms with E-state index in [2.05, 4.69) is 21.5 Å². The molecule has 3 N–H and O–H groups in total. The summed E-state index contributed by atoms with van der Waals surface area (Å²) in [5, 5.41) is 18.6. The first-order valence-electron chi connectivity index (χ1n) is 11.7. The molecule has 0 unspecified atom stereocenters. The Hall–Kier alpha value is -4.07. The summed E-state index contributed by atoms with van der Waals surface area (Å²) in [5.41, 5.74) is 4.66. The molecule has 4 rings (SSSR count). The van der Waals surface area contributed by atoms with Gasteiger partial charge in [0.2, 0.25) is 0 Å². The van der Waals surface area contributed by atoms with Crippen LogP contribution in [-0.4, -0.2) is 84.3 Å². The zero-order valence-corrected chi connectivity index (χ0v) is 21.5. The molecule has 0 spiro atoms. The molecule has 2 heterocycles. The predicted molar refractivity (Wildman–Crippen MR) is 138 cm³/mol. The highest BCUT2D eigenvalue weighted by Gasteiger charge is 2.30. The molecule has 2 amide bonds. The normalized spacial score (nSPS) is 14.1. The van der Waals surface area contributed by atoms with Crippen LogP contribution in [0.4, 0.5) is 4.79 Å². The molecule has 1 saturated heterocycles. The van der Waals surface area contributed by atoms with E-state index < -0.39 is 28.5 Å². The van der Waals surface area contributed by atoms with Gasteiger partial charge in [0.1, 0.15) is 18.4 Å². The van der Waals surface area contributed by atoms with Crippen LogP contribution in [0.3, 0.4) is 0 Å². The van der Waals surface area contributed by atoms with Crippen molar-refractivity contribution in [2.45, 2.75) is 19.6 Å². The largest absolute Gasteiger partial charge is 0.489 e. The van der Waals surface area contributed by atoms with Crippen LogP contribution >= 0.6 is 0 Å². The molecule has 1 aliphatic rings. The van der Waals surface area contributed by atoms with Crippen LogP contribution < -0.4 is 10.2 Å². The third-order valence-corrected chi connectivity index (χ3v) is 6.22. The molecule has 1 aliphatic heterocycles.